The van der Waals surface area contributed by atoms with Crippen molar-refractivity contribution in [2.24, 2.45) is 0 Å². The number of benzene rings is 3. The maximum atomic E-state index is 13.4. The molecule has 0 atom stereocenters. The van der Waals surface area contributed by atoms with E-state index in [1.54, 1.807) is 9.58 Å². The highest BCUT2D eigenvalue weighted by atomic mass is 79.9. The van der Waals surface area contributed by atoms with Crippen molar-refractivity contribution < 1.29 is 14.7 Å². The highest BCUT2D eigenvalue weighted by molar-refractivity contribution is 9.10. The minimum Gasteiger partial charge on any atom is -0.476 e. The van der Waals surface area contributed by atoms with Crippen LogP contribution in [0.25, 0.3) is 5.69 Å². The molecule has 0 saturated carbocycles. The molecule has 35 heavy (non-hydrogen) atoms. The summed E-state index contributed by atoms with van der Waals surface area (Å²) in [6.45, 7) is 0.631. The minimum atomic E-state index is -1.11. The number of carboxylic acid groups (broad SMARTS) is 1. The first-order valence-electron chi connectivity index (χ1n) is 11.3. The second kappa shape index (κ2) is 9.76. The van der Waals surface area contributed by atoms with Gasteiger partial charge in [0, 0.05) is 23.0 Å². The molecule has 1 aliphatic heterocycles. The van der Waals surface area contributed by atoms with Gasteiger partial charge in [0.15, 0.2) is 5.69 Å². The summed E-state index contributed by atoms with van der Waals surface area (Å²) in [7, 11) is 0. The number of amides is 2. The molecule has 0 unspecified atom stereocenters. The van der Waals surface area contributed by atoms with Gasteiger partial charge in [0.05, 0.1) is 24.0 Å². The third kappa shape index (κ3) is 4.70. The molecule has 0 radical (unpaired) electrons. The van der Waals surface area contributed by atoms with Crippen LogP contribution in [0.4, 0.5) is 4.79 Å². The van der Waals surface area contributed by atoms with Gasteiger partial charge in [0.1, 0.15) is 0 Å². The van der Waals surface area contributed by atoms with Gasteiger partial charge in [0.25, 0.3) is 0 Å². The van der Waals surface area contributed by atoms with Crippen molar-refractivity contribution in [2.45, 2.75) is 19.0 Å². The van der Waals surface area contributed by atoms with Gasteiger partial charge in [-0.3, -0.25) is 0 Å². The molecular weight excluding hydrogens is 508 g/mol. The van der Waals surface area contributed by atoms with Crippen molar-refractivity contribution in [1.29, 1.82) is 0 Å². The second-order valence-corrected chi connectivity index (χ2v) is 9.26. The molecule has 0 saturated heterocycles. The van der Waals surface area contributed by atoms with Crippen LogP contribution < -0.4 is 5.32 Å². The summed E-state index contributed by atoms with van der Waals surface area (Å²) in [6.07, 6.45) is 0.500. The lowest BCUT2D eigenvalue weighted by molar-refractivity contribution is 0.0687. The fourth-order valence-corrected chi connectivity index (χ4v) is 4.69. The van der Waals surface area contributed by atoms with E-state index in [1.807, 2.05) is 84.9 Å². The molecule has 0 spiro atoms. The SMILES string of the molecule is O=C(O)c1nn(-c2ccc(Br)cc2)c2c1CN(C(=O)NC(c1ccccc1)c1ccccc1)CC2. The van der Waals surface area contributed by atoms with Crippen LogP contribution in [0.5, 0.6) is 0 Å². The van der Waals surface area contributed by atoms with Gasteiger partial charge in [0.2, 0.25) is 0 Å². The van der Waals surface area contributed by atoms with Crippen LogP contribution in [-0.2, 0) is 13.0 Å². The van der Waals surface area contributed by atoms with Gasteiger partial charge in [-0.05, 0) is 35.4 Å². The van der Waals surface area contributed by atoms with E-state index in [0.717, 1.165) is 27.0 Å². The zero-order chi connectivity index (χ0) is 24.4. The predicted octanol–water partition coefficient (Wildman–Crippen LogP) is 5.19. The average molecular weight is 531 g/mol. The van der Waals surface area contributed by atoms with Gasteiger partial charge in [-0.1, -0.05) is 76.6 Å². The van der Waals surface area contributed by atoms with E-state index in [-0.39, 0.29) is 24.3 Å². The molecule has 176 valence electrons. The lowest BCUT2D eigenvalue weighted by Gasteiger charge is -2.30. The van der Waals surface area contributed by atoms with Crippen LogP contribution in [0.1, 0.15) is 38.9 Å². The zero-order valence-electron chi connectivity index (χ0n) is 18.8. The largest absolute Gasteiger partial charge is 0.476 e. The number of hydrogen-bond acceptors (Lipinski definition) is 3. The van der Waals surface area contributed by atoms with Crippen LogP contribution in [-0.4, -0.2) is 38.3 Å². The molecule has 1 aromatic heterocycles. The Balaban J connectivity index is 1.43. The fourth-order valence-electron chi connectivity index (χ4n) is 4.42. The smallest absolute Gasteiger partial charge is 0.356 e. The molecule has 2 amide bonds. The number of carbonyl (C=O) groups is 2. The highest BCUT2D eigenvalue weighted by Gasteiger charge is 2.31. The summed E-state index contributed by atoms with van der Waals surface area (Å²) in [5.74, 6) is -1.11. The molecule has 0 aliphatic carbocycles. The topological polar surface area (TPSA) is 87.5 Å². The standard InChI is InChI=1S/C27H23BrN4O3/c28-20-11-13-21(14-12-20)32-23-15-16-31(17-22(23)25(30-32)26(33)34)27(35)29-24(18-7-3-1-4-8-18)19-9-5-2-6-10-19/h1-14,24H,15-17H2,(H,29,35)(H,33,34). The highest BCUT2D eigenvalue weighted by Crippen LogP contribution is 2.28. The number of aromatic carboxylic acids is 1. The molecule has 2 heterocycles. The molecule has 2 N–H and O–H groups in total. The van der Waals surface area contributed by atoms with Gasteiger partial charge >= 0.3 is 12.0 Å². The normalized spacial score (nSPS) is 12.9. The number of fused-ring (bicyclic) bond motifs is 1. The number of aromatic nitrogens is 2. The Kier molecular flexibility index (Phi) is 6.37. The predicted molar refractivity (Wildman–Crippen MR) is 136 cm³/mol. The molecule has 1 aliphatic rings. The summed E-state index contributed by atoms with van der Waals surface area (Å²) in [6, 6.07) is 26.6. The molecule has 0 fully saturated rings. The zero-order valence-corrected chi connectivity index (χ0v) is 20.4. The Morgan fingerprint density at radius 2 is 1.51 bits per heavy atom. The van der Waals surface area contributed by atoms with Crippen molar-refractivity contribution in [3.8, 4) is 5.69 Å². The van der Waals surface area contributed by atoms with E-state index in [2.05, 4.69) is 26.3 Å². The third-order valence-corrected chi connectivity index (χ3v) is 6.68. The first kappa shape index (κ1) is 22.9. The summed E-state index contributed by atoms with van der Waals surface area (Å²) in [4.78, 5) is 27.0. The Labute approximate surface area is 211 Å². The van der Waals surface area contributed by atoms with Gasteiger partial charge in [-0.2, -0.15) is 5.10 Å². The maximum Gasteiger partial charge on any atom is 0.356 e. The van der Waals surface area contributed by atoms with Gasteiger partial charge < -0.3 is 15.3 Å². The van der Waals surface area contributed by atoms with Gasteiger partial charge in [-0.25, -0.2) is 14.3 Å². The molecule has 0 bridgehead atoms. The Morgan fingerprint density at radius 1 is 0.914 bits per heavy atom. The van der Waals surface area contributed by atoms with Crippen molar-refractivity contribution in [1.82, 2.24) is 20.0 Å². The summed E-state index contributed by atoms with van der Waals surface area (Å²) in [5, 5.41) is 17.3. The van der Waals surface area contributed by atoms with Crippen LogP contribution in [0.3, 0.4) is 0 Å². The molecule has 3 aromatic carbocycles. The lowest BCUT2D eigenvalue weighted by Crippen LogP contribution is -2.44. The third-order valence-electron chi connectivity index (χ3n) is 6.15. The monoisotopic (exact) mass is 530 g/mol. The quantitative estimate of drug-likeness (QED) is 0.371. The summed E-state index contributed by atoms with van der Waals surface area (Å²) in [5.41, 5.74) is 4.08. The average Bonchev–Trinajstić information content (AvgIpc) is 3.28. The van der Waals surface area contributed by atoms with Crippen molar-refractivity contribution in [2.75, 3.05) is 6.54 Å². The second-order valence-electron chi connectivity index (χ2n) is 8.34. The number of nitrogens with zero attached hydrogens (tertiary/aromatic N) is 3. The number of carboxylic acids is 1. The number of rotatable bonds is 5. The lowest BCUT2D eigenvalue weighted by atomic mass is 9.99. The van der Waals surface area contributed by atoms with Crippen molar-refractivity contribution in [3.63, 3.8) is 0 Å². The van der Waals surface area contributed by atoms with Gasteiger partial charge in [-0.15, -0.1) is 0 Å². The van der Waals surface area contributed by atoms with E-state index in [1.165, 1.54) is 0 Å². The van der Waals surface area contributed by atoms with Crippen molar-refractivity contribution >= 4 is 27.9 Å². The first-order chi connectivity index (χ1) is 17.0. The Bertz CT molecular complexity index is 1320. The number of urea groups is 1. The first-order valence-corrected chi connectivity index (χ1v) is 12.1. The number of hydrogen-bond donors (Lipinski definition) is 2. The van der Waals surface area contributed by atoms with E-state index in [4.69, 9.17) is 0 Å². The van der Waals surface area contributed by atoms with Crippen LogP contribution in [0.2, 0.25) is 0 Å². The Morgan fingerprint density at radius 3 is 2.09 bits per heavy atom. The molecular formula is C27H23BrN4O3. The van der Waals surface area contributed by atoms with E-state index in [0.29, 0.717) is 18.5 Å². The summed E-state index contributed by atoms with van der Waals surface area (Å²) >= 11 is 3.42. The molecule has 7 nitrogen and oxygen atoms in total. The van der Waals surface area contributed by atoms with E-state index < -0.39 is 5.97 Å². The number of halogens is 1. The molecule has 8 heteroatoms. The summed E-state index contributed by atoms with van der Waals surface area (Å²) < 4.78 is 2.60. The van der Waals surface area contributed by atoms with E-state index >= 15 is 0 Å². The fraction of sp³-hybridized carbons (Fsp3) is 0.148. The van der Waals surface area contributed by atoms with E-state index in [9.17, 15) is 14.7 Å². The molecule has 5 rings (SSSR count). The van der Waals surface area contributed by atoms with Crippen LogP contribution in [0, 0.1) is 0 Å². The molecule has 4 aromatic rings. The van der Waals surface area contributed by atoms with Crippen LogP contribution >= 0.6 is 15.9 Å². The van der Waals surface area contributed by atoms with Crippen LogP contribution in [0.15, 0.2) is 89.4 Å². The number of nitrogens with one attached hydrogen (secondary N) is 1. The Hall–Kier alpha value is -3.91. The number of carbonyl (C=O) groups excluding carboxylic acids is 1. The minimum absolute atomic E-state index is 0.0249. The van der Waals surface area contributed by atoms with Crippen molar-refractivity contribution in [3.05, 3.63) is 117 Å². The maximum absolute atomic E-state index is 13.4.